The maximum absolute atomic E-state index is 13.4. The lowest BCUT2D eigenvalue weighted by atomic mass is 9.94. The Balaban J connectivity index is 1.38. The van der Waals surface area contributed by atoms with Crippen molar-refractivity contribution in [2.24, 2.45) is 0 Å². The normalized spacial score (nSPS) is 14.5. The third kappa shape index (κ3) is 6.56. The van der Waals surface area contributed by atoms with E-state index in [1.54, 1.807) is 41.7 Å². The topological polar surface area (TPSA) is 71.5 Å². The van der Waals surface area contributed by atoms with Gasteiger partial charge in [-0.3, -0.25) is 9.59 Å². The molecule has 1 saturated heterocycles. The van der Waals surface area contributed by atoms with Crippen LogP contribution in [0.4, 0.5) is 13.2 Å². The van der Waals surface area contributed by atoms with Gasteiger partial charge in [-0.2, -0.15) is 13.2 Å². The molecule has 6 nitrogen and oxygen atoms in total. The number of nitrogens with zero attached hydrogens (tertiary/aromatic N) is 2. The largest absolute Gasteiger partial charge is 0.416 e. The Kier molecular flexibility index (Phi) is 8.60. The number of likely N-dealkylation sites (tertiary alicyclic amines) is 1. The standard InChI is InChI=1S/C27H28F3N3O3S/c1-36-16-4-13-31-24(34)23-17-37-25(32-23)19-11-14-33(15-12-19)26(35)22-6-3-2-5-21(22)18-7-9-20(10-8-18)27(28,29)30/h2-3,5-10,17,19H,4,11-16H2,1H3,(H,31,34). The summed E-state index contributed by atoms with van der Waals surface area (Å²) in [5.74, 6) is -0.190. The molecular weight excluding hydrogens is 503 g/mol. The molecule has 10 heteroatoms. The van der Waals surface area contributed by atoms with E-state index in [4.69, 9.17) is 4.74 Å². The van der Waals surface area contributed by atoms with Gasteiger partial charge in [-0.1, -0.05) is 30.3 Å². The number of piperidine rings is 1. The Hall–Kier alpha value is -3.24. The third-order valence-corrected chi connectivity index (χ3v) is 7.38. The summed E-state index contributed by atoms with van der Waals surface area (Å²) in [6.45, 7) is 2.16. The predicted octanol–water partition coefficient (Wildman–Crippen LogP) is 5.62. The lowest BCUT2D eigenvalue weighted by Crippen LogP contribution is -2.38. The predicted molar refractivity (Wildman–Crippen MR) is 136 cm³/mol. The van der Waals surface area contributed by atoms with Gasteiger partial charge in [-0.25, -0.2) is 4.98 Å². The van der Waals surface area contributed by atoms with Crippen LogP contribution >= 0.6 is 11.3 Å². The number of amides is 2. The average molecular weight is 532 g/mol. The molecule has 196 valence electrons. The third-order valence-electron chi connectivity index (χ3n) is 6.38. The number of hydrogen-bond acceptors (Lipinski definition) is 5. The van der Waals surface area contributed by atoms with Crippen molar-refractivity contribution in [2.75, 3.05) is 33.4 Å². The number of nitrogens with one attached hydrogen (secondary N) is 1. The van der Waals surface area contributed by atoms with Crippen molar-refractivity contribution in [3.8, 4) is 11.1 Å². The fourth-order valence-corrected chi connectivity index (χ4v) is 5.32. The first-order chi connectivity index (χ1) is 17.8. The van der Waals surface area contributed by atoms with Crippen molar-refractivity contribution in [3.05, 3.63) is 75.7 Å². The minimum absolute atomic E-state index is 0.149. The number of aromatic nitrogens is 1. The van der Waals surface area contributed by atoms with E-state index in [1.165, 1.54) is 23.5 Å². The summed E-state index contributed by atoms with van der Waals surface area (Å²) in [4.78, 5) is 32.0. The molecule has 0 aliphatic carbocycles. The van der Waals surface area contributed by atoms with Crippen molar-refractivity contribution in [1.29, 1.82) is 0 Å². The molecule has 0 bridgehead atoms. The molecule has 0 spiro atoms. The summed E-state index contributed by atoms with van der Waals surface area (Å²) in [6, 6.07) is 11.8. The molecule has 0 unspecified atom stereocenters. The Labute approximate surface area is 217 Å². The van der Waals surface area contributed by atoms with Crippen LogP contribution in [0.15, 0.2) is 53.9 Å². The van der Waals surface area contributed by atoms with Crippen LogP contribution in [0.2, 0.25) is 0 Å². The smallest absolute Gasteiger partial charge is 0.385 e. The molecule has 1 N–H and O–H groups in total. The number of ether oxygens (including phenoxy) is 1. The fourth-order valence-electron chi connectivity index (χ4n) is 4.35. The zero-order chi connectivity index (χ0) is 26.4. The number of carbonyl (C=O) groups is 2. The Bertz CT molecular complexity index is 1220. The van der Waals surface area contributed by atoms with Crippen LogP contribution in [0.3, 0.4) is 0 Å². The van der Waals surface area contributed by atoms with E-state index in [1.807, 2.05) is 0 Å². The molecule has 2 aromatic carbocycles. The summed E-state index contributed by atoms with van der Waals surface area (Å²) in [5, 5.41) is 5.49. The van der Waals surface area contributed by atoms with Crippen LogP contribution in [0, 0.1) is 0 Å². The number of hydrogen-bond donors (Lipinski definition) is 1. The monoisotopic (exact) mass is 531 g/mol. The minimum Gasteiger partial charge on any atom is -0.385 e. The van der Waals surface area contributed by atoms with Gasteiger partial charge in [0.05, 0.1) is 10.6 Å². The van der Waals surface area contributed by atoms with Crippen molar-refractivity contribution < 1.29 is 27.5 Å². The van der Waals surface area contributed by atoms with Crippen LogP contribution in [-0.2, 0) is 10.9 Å². The number of rotatable bonds is 8. The molecule has 37 heavy (non-hydrogen) atoms. The maximum Gasteiger partial charge on any atom is 0.416 e. The van der Waals surface area contributed by atoms with E-state index in [0.717, 1.165) is 36.4 Å². The van der Waals surface area contributed by atoms with Gasteiger partial charge >= 0.3 is 6.18 Å². The van der Waals surface area contributed by atoms with Crippen LogP contribution < -0.4 is 5.32 Å². The Morgan fingerprint density at radius 1 is 1.11 bits per heavy atom. The molecule has 1 fully saturated rings. The van der Waals surface area contributed by atoms with Gasteiger partial charge in [0.2, 0.25) is 0 Å². The lowest BCUT2D eigenvalue weighted by molar-refractivity contribution is -0.137. The molecule has 2 amide bonds. The van der Waals surface area contributed by atoms with Gasteiger partial charge in [0, 0.05) is 50.2 Å². The summed E-state index contributed by atoms with van der Waals surface area (Å²) in [6.07, 6.45) is -2.24. The summed E-state index contributed by atoms with van der Waals surface area (Å²) < 4.78 is 43.8. The second-order valence-electron chi connectivity index (χ2n) is 8.86. The van der Waals surface area contributed by atoms with Gasteiger partial charge in [0.1, 0.15) is 5.69 Å². The van der Waals surface area contributed by atoms with Crippen LogP contribution in [0.5, 0.6) is 0 Å². The molecule has 4 rings (SSSR count). The van der Waals surface area contributed by atoms with Crippen LogP contribution in [0.25, 0.3) is 11.1 Å². The first-order valence-corrected chi connectivity index (χ1v) is 12.9. The molecule has 0 atom stereocenters. The van der Waals surface area contributed by atoms with Gasteiger partial charge in [0.25, 0.3) is 11.8 Å². The van der Waals surface area contributed by atoms with E-state index >= 15 is 0 Å². The summed E-state index contributed by atoms with van der Waals surface area (Å²) >= 11 is 1.46. The summed E-state index contributed by atoms with van der Waals surface area (Å²) in [5.41, 5.74) is 1.30. The molecule has 0 radical (unpaired) electrons. The molecule has 2 heterocycles. The molecule has 0 saturated carbocycles. The maximum atomic E-state index is 13.4. The SMILES string of the molecule is COCCCNC(=O)c1csc(C2CCN(C(=O)c3ccccc3-c3ccc(C(F)(F)F)cc3)CC2)n1. The van der Waals surface area contributed by atoms with Crippen molar-refractivity contribution >= 4 is 23.2 Å². The van der Waals surface area contributed by atoms with Crippen molar-refractivity contribution in [3.63, 3.8) is 0 Å². The lowest BCUT2D eigenvalue weighted by Gasteiger charge is -2.31. The zero-order valence-corrected chi connectivity index (χ0v) is 21.2. The van der Waals surface area contributed by atoms with E-state index in [9.17, 15) is 22.8 Å². The molecule has 3 aromatic rings. The molecule has 1 aliphatic rings. The van der Waals surface area contributed by atoms with Crippen LogP contribution in [-0.4, -0.2) is 55.0 Å². The van der Waals surface area contributed by atoms with Crippen molar-refractivity contribution in [2.45, 2.75) is 31.4 Å². The van der Waals surface area contributed by atoms with E-state index in [-0.39, 0.29) is 17.7 Å². The molecule has 1 aromatic heterocycles. The fraction of sp³-hybridized carbons (Fsp3) is 0.370. The number of benzene rings is 2. The van der Waals surface area contributed by atoms with Gasteiger partial charge in [0.15, 0.2) is 0 Å². The van der Waals surface area contributed by atoms with E-state index < -0.39 is 11.7 Å². The first-order valence-electron chi connectivity index (χ1n) is 12.1. The second-order valence-corrected chi connectivity index (χ2v) is 9.75. The quantitative estimate of drug-likeness (QED) is 0.384. The van der Waals surface area contributed by atoms with E-state index in [2.05, 4.69) is 10.3 Å². The minimum atomic E-state index is -4.41. The highest BCUT2D eigenvalue weighted by molar-refractivity contribution is 7.09. The molecule has 1 aliphatic heterocycles. The van der Waals surface area contributed by atoms with Gasteiger partial charge in [-0.05, 0) is 48.6 Å². The number of alkyl halides is 3. The summed E-state index contributed by atoms with van der Waals surface area (Å²) in [7, 11) is 1.62. The number of methoxy groups -OCH3 is 1. The second kappa shape index (κ2) is 11.9. The Morgan fingerprint density at radius 2 is 1.81 bits per heavy atom. The Morgan fingerprint density at radius 3 is 2.49 bits per heavy atom. The number of thiazole rings is 1. The van der Waals surface area contributed by atoms with Gasteiger partial charge < -0.3 is 15.0 Å². The highest BCUT2D eigenvalue weighted by Crippen LogP contribution is 2.34. The highest BCUT2D eigenvalue weighted by Gasteiger charge is 2.31. The van der Waals surface area contributed by atoms with E-state index in [0.29, 0.717) is 48.6 Å². The van der Waals surface area contributed by atoms with Crippen LogP contribution in [0.1, 0.15) is 56.6 Å². The average Bonchev–Trinajstić information content (AvgIpc) is 3.41. The highest BCUT2D eigenvalue weighted by atomic mass is 32.1. The van der Waals surface area contributed by atoms with Gasteiger partial charge in [-0.15, -0.1) is 11.3 Å². The molecular formula is C27H28F3N3O3S. The van der Waals surface area contributed by atoms with Crippen molar-refractivity contribution in [1.82, 2.24) is 15.2 Å². The number of halogens is 3. The zero-order valence-electron chi connectivity index (χ0n) is 20.4. The number of carbonyl (C=O) groups excluding carboxylic acids is 2. The first kappa shape index (κ1) is 26.8.